The van der Waals surface area contributed by atoms with Crippen LogP contribution in [0.15, 0.2) is 119 Å². The molecule has 0 atom stereocenters. The maximum Gasteiger partial charge on any atom is 0.143 e. The molecule has 6 rings (SSSR count). The molecule has 0 aliphatic carbocycles. The molecule has 0 saturated heterocycles. The topological polar surface area (TPSA) is 43.9 Å². The monoisotopic (exact) mass is 445 g/mol. The second-order valence-corrected chi connectivity index (χ2v) is 8.42. The highest BCUT2D eigenvalue weighted by Gasteiger charge is 2.26. The number of furan rings is 1. The highest BCUT2D eigenvalue weighted by molar-refractivity contribution is 7.13. The van der Waals surface area contributed by atoms with Crippen LogP contribution in [-0.2, 0) is 0 Å². The molecule has 158 valence electrons. The fraction of sp³-hybridized carbons (Fsp3) is 0. The highest BCUT2D eigenvalue weighted by atomic mass is 32.1. The first-order valence-corrected chi connectivity index (χ1v) is 11.6. The number of nitrogens with zero attached hydrogens (tertiary/aromatic N) is 3. The Hall–Kier alpha value is -4.22. The van der Waals surface area contributed by atoms with Gasteiger partial charge in [-0.3, -0.25) is 0 Å². The molecule has 5 heteroatoms. The van der Waals surface area contributed by atoms with E-state index in [4.69, 9.17) is 14.5 Å². The van der Waals surface area contributed by atoms with E-state index >= 15 is 0 Å². The van der Waals surface area contributed by atoms with Crippen LogP contribution in [0.5, 0.6) is 0 Å². The Morgan fingerprint density at radius 3 is 2.03 bits per heavy atom. The van der Waals surface area contributed by atoms with Crippen molar-refractivity contribution >= 4 is 11.3 Å². The van der Waals surface area contributed by atoms with Gasteiger partial charge in [0.05, 0.1) is 23.2 Å². The molecular weight excluding hydrogens is 426 g/mol. The molecule has 0 radical (unpaired) electrons. The first kappa shape index (κ1) is 19.5. The third-order valence-corrected chi connectivity index (χ3v) is 6.33. The van der Waals surface area contributed by atoms with Gasteiger partial charge in [0.2, 0.25) is 0 Å². The number of hydrogen-bond donors (Lipinski definition) is 0. The van der Waals surface area contributed by atoms with Crippen LogP contribution in [0.4, 0.5) is 0 Å². The summed E-state index contributed by atoms with van der Waals surface area (Å²) in [5, 5.41) is 8.07. The number of hydrogen-bond acceptors (Lipinski definition) is 4. The molecule has 3 aromatic carbocycles. The largest absolute Gasteiger partial charge is 0.464 e. The Labute approximate surface area is 195 Å². The van der Waals surface area contributed by atoms with Gasteiger partial charge in [0, 0.05) is 16.5 Å². The van der Waals surface area contributed by atoms with Crippen LogP contribution < -0.4 is 0 Å². The SMILES string of the molecule is c1ccc(-c2csc(-c3c(-c4ccco4)c(-c4ccccc4)nn3-c3ccccc3)n2)cc1. The van der Waals surface area contributed by atoms with Crippen molar-refractivity contribution in [1.82, 2.24) is 14.8 Å². The zero-order valence-electron chi connectivity index (χ0n) is 17.6. The summed E-state index contributed by atoms with van der Waals surface area (Å²) in [7, 11) is 0. The van der Waals surface area contributed by atoms with Gasteiger partial charge < -0.3 is 4.42 Å². The molecular formula is C28H19N3OS. The van der Waals surface area contributed by atoms with Crippen molar-refractivity contribution in [3.63, 3.8) is 0 Å². The number of rotatable bonds is 5. The molecule has 6 aromatic rings. The van der Waals surface area contributed by atoms with E-state index in [9.17, 15) is 0 Å². The quantitative estimate of drug-likeness (QED) is 0.274. The molecule has 0 N–H and O–H groups in total. The number of benzene rings is 3. The smallest absolute Gasteiger partial charge is 0.143 e. The molecule has 3 heterocycles. The van der Waals surface area contributed by atoms with Crippen LogP contribution in [0.2, 0.25) is 0 Å². The van der Waals surface area contributed by atoms with Gasteiger partial charge in [0.25, 0.3) is 0 Å². The van der Waals surface area contributed by atoms with Gasteiger partial charge in [-0.1, -0.05) is 78.9 Å². The molecule has 3 aromatic heterocycles. The van der Waals surface area contributed by atoms with Crippen molar-refractivity contribution in [2.75, 3.05) is 0 Å². The molecule has 0 unspecified atom stereocenters. The predicted octanol–water partition coefficient (Wildman–Crippen LogP) is 7.59. The van der Waals surface area contributed by atoms with Crippen LogP contribution in [-0.4, -0.2) is 14.8 Å². The van der Waals surface area contributed by atoms with E-state index in [1.807, 2.05) is 71.4 Å². The van der Waals surface area contributed by atoms with Crippen molar-refractivity contribution in [2.24, 2.45) is 0 Å². The Balaban J connectivity index is 1.64. The van der Waals surface area contributed by atoms with Crippen LogP contribution in [0.1, 0.15) is 0 Å². The normalized spacial score (nSPS) is 11.0. The van der Waals surface area contributed by atoms with Gasteiger partial charge in [-0.2, -0.15) is 5.10 Å². The molecule has 0 amide bonds. The van der Waals surface area contributed by atoms with Crippen molar-refractivity contribution in [2.45, 2.75) is 0 Å². The van der Waals surface area contributed by atoms with Gasteiger partial charge in [0.1, 0.15) is 22.2 Å². The molecule has 4 nitrogen and oxygen atoms in total. The molecule has 0 aliphatic rings. The summed E-state index contributed by atoms with van der Waals surface area (Å²) in [6.07, 6.45) is 1.70. The lowest BCUT2D eigenvalue weighted by atomic mass is 10.0. The summed E-state index contributed by atoms with van der Waals surface area (Å²) >= 11 is 1.61. The summed E-state index contributed by atoms with van der Waals surface area (Å²) in [4.78, 5) is 5.03. The number of para-hydroxylation sites is 1. The lowest BCUT2D eigenvalue weighted by molar-refractivity contribution is 0.582. The average molecular weight is 446 g/mol. The van der Waals surface area contributed by atoms with Gasteiger partial charge >= 0.3 is 0 Å². The van der Waals surface area contributed by atoms with Crippen molar-refractivity contribution in [1.29, 1.82) is 0 Å². The van der Waals surface area contributed by atoms with E-state index in [0.29, 0.717) is 0 Å². The summed E-state index contributed by atoms with van der Waals surface area (Å²) < 4.78 is 7.89. The Bertz CT molecular complexity index is 1490. The fourth-order valence-corrected chi connectivity index (χ4v) is 4.81. The number of aromatic nitrogens is 3. The maximum absolute atomic E-state index is 5.91. The summed E-state index contributed by atoms with van der Waals surface area (Å²) in [5.41, 5.74) is 6.75. The second kappa shape index (κ2) is 8.37. The molecule has 0 spiro atoms. The number of thiazole rings is 1. The predicted molar refractivity (Wildman–Crippen MR) is 133 cm³/mol. The van der Waals surface area contributed by atoms with Crippen molar-refractivity contribution in [3.8, 4) is 50.2 Å². The first-order chi connectivity index (χ1) is 16.4. The molecule has 0 saturated carbocycles. The molecule has 33 heavy (non-hydrogen) atoms. The van der Waals surface area contributed by atoms with Gasteiger partial charge in [-0.25, -0.2) is 9.67 Å². The van der Waals surface area contributed by atoms with Gasteiger partial charge in [-0.05, 0) is 24.3 Å². The third-order valence-electron chi connectivity index (χ3n) is 5.48. The van der Waals surface area contributed by atoms with Crippen molar-refractivity contribution in [3.05, 3.63) is 115 Å². The standard InChI is InChI=1S/C28H19N3OS/c1-4-11-20(12-5-1)23-19-33-28(29-23)27-25(24-17-10-18-32-24)26(21-13-6-2-7-14-21)30-31(27)22-15-8-3-9-16-22/h1-19H. The summed E-state index contributed by atoms with van der Waals surface area (Å²) in [6, 6.07) is 34.5. The summed E-state index contributed by atoms with van der Waals surface area (Å²) in [5.74, 6) is 0.766. The zero-order chi connectivity index (χ0) is 22.0. The van der Waals surface area contributed by atoms with Gasteiger partial charge in [-0.15, -0.1) is 11.3 Å². The summed E-state index contributed by atoms with van der Waals surface area (Å²) in [6.45, 7) is 0. The minimum absolute atomic E-state index is 0.766. The fourth-order valence-electron chi connectivity index (χ4n) is 3.95. The highest BCUT2D eigenvalue weighted by Crippen LogP contribution is 2.43. The maximum atomic E-state index is 5.91. The minimum atomic E-state index is 0.766. The first-order valence-electron chi connectivity index (χ1n) is 10.7. The van der Waals surface area contributed by atoms with Crippen LogP contribution in [0.25, 0.3) is 50.2 Å². The van der Waals surface area contributed by atoms with Crippen LogP contribution in [0.3, 0.4) is 0 Å². The Kier molecular flexibility index (Phi) is 4.94. The van der Waals surface area contributed by atoms with Crippen molar-refractivity contribution < 1.29 is 4.42 Å². The van der Waals surface area contributed by atoms with E-state index in [0.717, 1.165) is 50.2 Å². The molecule has 0 aliphatic heterocycles. The Morgan fingerprint density at radius 1 is 0.697 bits per heavy atom. The Morgan fingerprint density at radius 2 is 1.36 bits per heavy atom. The van der Waals surface area contributed by atoms with E-state index in [1.165, 1.54) is 0 Å². The van der Waals surface area contributed by atoms with E-state index < -0.39 is 0 Å². The lowest BCUT2D eigenvalue weighted by Gasteiger charge is -2.07. The van der Waals surface area contributed by atoms with E-state index in [-0.39, 0.29) is 0 Å². The third kappa shape index (κ3) is 3.58. The molecule has 0 bridgehead atoms. The zero-order valence-corrected chi connectivity index (χ0v) is 18.4. The minimum Gasteiger partial charge on any atom is -0.464 e. The van der Waals surface area contributed by atoms with Crippen LogP contribution in [0, 0.1) is 0 Å². The van der Waals surface area contributed by atoms with E-state index in [2.05, 4.69) is 41.8 Å². The van der Waals surface area contributed by atoms with Gasteiger partial charge in [0.15, 0.2) is 0 Å². The second-order valence-electron chi connectivity index (χ2n) is 7.57. The van der Waals surface area contributed by atoms with E-state index in [1.54, 1.807) is 17.6 Å². The average Bonchev–Trinajstić information content (AvgIpc) is 3.65. The van der Waals surface area contributed by atoms with Crippen LogP contribution >= 0.6 is 11.3 Å². The molecule has 0 fully saturated rings. The lowest BCUT2D eigenvalue weighted by Crippen LogP contribution is -1.99.